The lowest BCUT2D eigenvalue weighted by atomic mass is 9.48. The van der Waals surface area contributed by atoms with Gasteiger partial charge in [-0.25, -0.2) is 0 Å². The van der Waals surface area contributed by atoms with Crippen LogP contribution in [0.3, 0.4) is 0 Å². The molecule has 0 radical (unpaired) electrons. The van der Waals surface area contributed by atoms with Crippen molar-refractivity contribution in [3.05, 3.63) is 39.0 Å². The first kappa shape index (κ1) is 14.3. The van der Waals surface area contributed by atoms with Crippen molar-refractivity contribution in [2.45, 2.75) is 58.0 Å². The molecule has 2 bridgehead atoms. The molecule has 3 atom stereocenters. The lowest BCUT2D eigenvalue weighted by Gasteiger charge is -2.60. The van der Waals surface area contributed by atoms with Gasteiger partial charge in [0, 0.05) is 5.41 Å². The number of ether oxygens (including phenoxy) is 1. The van der Waals surface area contributed by atoms with Crippen molar-refractivity contribution in [3.63, 3.8) is 0 Å². The molecule has 1 saturated heterocycles. The van der Waals surface area contributed by atoms with Crippen molar-refractivity contribution in [2.24, 2.45) is 11.3 Å². The Morgan fingerprint density at radius 2 is 2.05 bits per heavy atom. The van der Waals surface area contributed by atoms with Gasteiger partial charge in [-0.1, -0.05) is 20.3 Å². The minimum absolute atomic E-state index is 0.0388. The van der Waals surface area contributed by atoms with E-state index in [1.807, 2.05) is 6.07 Å². The quantitative estimate of drug-likeness (QED) is 0.796. The van der Waals surface area contributed by atoms with Gasteiger partial charge in [-0.3, -0.25) is 4.79 Å². The summed E-state index contributed by atoms with van der Waals surface area (Å²) in [5.41, 5.74) is 2.94. The number of rotatable bonds is 0. The first-order valence-corrected chi connectivity index (χ1v) is 8.35. The SMILES string of the molecule is Cc1cc2c(cc(=O)c1O)[C@@]13CCCC(C)(C)[C@@H]1C[C@H]2OC3. The lowest BCUT2D eigenvalue weighted by Crippen LogP contribution is -2.56. The second-order valence-electron chi connectivity index (χ2n) is 8.14. The minimum atomic E-state index is -0.247. The molecule has 2 fully saturated rings. The van der Waals surface area contributed by atoms with Gasteiger partial charge in [0.15, 0.2) is 5.75 Å². The Morgan fingerprint density at radius 1 is 1.27 bits per heavy atom. The van der Waals surface area contributed by atoms with Crippen LogP contribution < -0.4 is 5.43 Å². The smallest absolute Gasteiger partial charge is 0.220 e. The van der Waals surface area contributed by atoms with E-state index in [0.29, 0.717) is 11.5 Å². The zero-order chi connectivity index (χ0) is 15.7. The average molecular weight is 300 g/mol. The van der Waals surface area contributed by atoms with Crippen LogP contribution in [0.5, 0.6) is 5.75 Å². The Bertz CT molecular complexity index is 706. The van der Waals surface area contributed by atoms with E-state index in [9.17, 15) is 9.90 Å². The van der Waals surface area contributed by atoms with Gasteiger partial charge in [0.05, 0.1) is 12.7 Å². The Balaban J connectivity index is 2.02. The average Bonchev–Trinajstić information content (AvgIpc) is 2.59. The molecule has 4 aliphatic rings. The maximum atomic E-state index is 12.3. The number of aromatic hydroxyl groups is 1. The first-order chi connectivity index (χ1) is 10.3. The number of aryl methyl sites for hydroxylation is 1. The molecule has 0 amide bonds. The third kappa shape index (κ3) is 1.69. The van der Waals surface area contributed by atoms with E-state index >= 15 is 0 Å². The van der Waals surface area contributed by atoms with Gasteiger partial charge in [0.1, 0.15) is 0 Å². The molecule has 0 unspecified atom stereocenters. The topological polar surface area (TPSA) is 46.5 Å². The summed E-state index contributed by atoms with van der Waals surface area (Å²) in [6.45, 7) is 7.26. The minimum Gasteiger partial charge on any atom is -0.504 e. The van der Waals surface area contributed by atoms with Gasteiger partial charge in [0.2, 0.25) is 5.43 Å². The number of hydrogen-bond acceptors (Lipinski definition) is 3. The number of hydrogen-bond donors (Lipinski definition) is 1. The van der Waals surface area contributed by atoms with Crippen molar-refractivity contribution < 1.29 is 9.84 Å². The molecular formula is C19H24O3. The molecule has 1 aromatic carbocycles. The molecule has 2 aliphatic carbocycles. The van der Waals surface area contributed by atoms with E-state index in [-0.39, 0.29) is 28.1 Å². The van der Waals surface area contributed by atoms with E-state index in [1.54, 1.807) is 13.0 Å². The van der Waals surface area contributed by atoms with Crippen LogP contribution in [-0.4, -0.2) is 11.7 Å². The second kappa shape index (κ2) is 4.35. The van der Waals surface area contributed by atoms with E-state index in [4.69, 9.17) is 4.74 Å². The molecule has 1 spiro atoms. The van der Waals surface area contributed by atoms with E-state index in [0.717, 1.165) is 30.6 Å². The van der Waals surface area contributed by atoms with Gasteiger partial charge >= 0.3 is 0 Å². The zero-order valence-corrected chi connectivity index (χ0v) is 13.6. The molecule has 1 saturated carbocycles. The van der Waals surface area contributed by atoms with E-state index in [2.05, 4.69) is 13.8 Å². The summed E-state index contributed by atoms with van der Waals surface area (Å²) in [5, 5.41) is 10.1. The van der Waals surface area contributed by atoms with Crippen LogP contribution >= 0.6 is 0 Å². The molecule has 0 aromatic heterocycles. The molecule has 2 heterocycles. The Labute approximate surface area is 131 Å². The summed E-state index contributed by atoms with van der Waals surface area (Å²) in [5.74, 6) is 0.445. The molecule has 1 aromatic rings. The summed E-state index contributed by atoms with van der Waals surface area (Å²) in [7, 11) is 0. The van der Waals surface area contributed by atoms with Crippen LogP contribution in [-0.2, 0) is 10.2 Å². The second-order valence-corrected chi connectivity index (χ2v) is 8.14. The largest absolute Gasteiger partial charge is 0.504 e. The van der Waals surface area contributed by atoms with E-state index < -0.39 is 0 Å². The van der Waals surface area contributed by atoms with Gasteiger partial charge in [-0.15, -0.1) is 0 Å². The lowest BCUT2D eigenvalue weighted by molar-refractivity contribution is -0.136. The monoisotopic (exact) mass is 300 g/mol. The molecule has 118 valence electrons. The molecular weight excluding hydrogens is 276 g/mol. The van der Waals surface area contributed by atoms with Gasteiger partial charge in [-0.05, 0) is 66.3 Å². The molecule has 22 heavy (non-hydrogen) atoms. The first-order valence-electron chi connectivity index (χ1n) is 8.35. The highest BCUT2D eigenvalue weighted by Gasteiger charge is 2.58. The predicted octanol–water partition coefficient (Wildman–Crippen LogP) is 3.60. The summed E-state index contributed by atoms with van der Waals surface area (Å²) in [6, 6.07) is 3.69. The maximum Gasteiger partial charge on any atom is 0.220 e. The fourth-order valence-electron chi connectivity index (χ4n) is 5.38. The normalized spacial score (nSPS) is 34.9. The summed E-state index contributed by atoms with van der Waals surface area (Å²) >= 11 is 0. The Hall–Kier alpha value is -1.35. The fourth-order valence-corrected chi connectivity index (χ4v) is 5.38. The molecule has 3 heteroatoms. The third-order valence-corrected chi connectivity index (χ3v) is 6.49. The van der Waals surface area contributed by atoms with Gasteiger partial charge < -0.3 is 9.84 Å². The number of fused-ring (bicyclic) bond motifs is 1. The highest BCUT2D eigenvalue weighted by atomic mass is 16.5. The molecule has 2 aliphatic heterocycles. The fraction of sp³-hybridized carbons (Fsp3) is 0.632. The van der Waals surface area contributed by atoms with Crippen molar-refractivity contribution in [2.75, 3.05) is 6.61 Å². The predicted molar refractivity (Wildman–Crippen MR) is 85.2 cm³/mol. The highest BCUT2D eigenvalue weighted by molar-refractivity contribution is 5.46. The Kier molecular flexibility index (Phi) is 2.82. The van der Waals surface area contributed by atoms with Crippen LogP contribution in [0.25, 0.3) is 0 Å². The summed E-state index contributed by atoms with van der Waals surface area (Å²) in [4.78, 5) is 12.3. The summed E-state index contributed by atoms with van der Waals surface area (Å²) < 4.78 is 6.15. The van der Waals surface area contributed by atoms with Crippen LogP contribution in [0, 0.1) is 18.3 Å². The van der Waals surface area contributed by atoms with Crippen LogP contribution in [0.1, 0.15) is 62.3 Å². The third-order valence-electron chi connectivity index (χ3n) is 6.49. The highest BCUT2D eigenvalue weighted by Crippen LogP contribution is 2.62. The van der Waals surface area contributed by atoms with Crippen LogP contribution in [0.15, 0.2) is 16.9 Å². The van der Waals surface area contributed by atoms with Crippen molar-refractivity contribution in [1.29, 1.82) is 0 Å². The zero-order valence-electron chi connectivity index (χ0n) is 13.6. The van der Waals surface area contributed by atoms with Crippen LogP contribution in [0.4, 0.5) is 0 Å². The summed E-state index contributed by atoms with van der Waals surface area (Å²) in [6.07, 6.45) is 4.62. The van der Waals surface area contributed by atoms with Gasteiger partial charge in [-0.2, -0.15) is 0 Å². The maximum absolute atomic E-state index is 12.3. The van der Waals surface area contributed by atoms with Crippen molar-refractivity contribution >= 4 is 0 Å². The molecule has 3 nitrogen and oxygen atoms in total. The molecule has 5 rings (SSSR count). The van der Waals surface area contributed by atoms with Gasteiger partial charge in [0.25, 0.3) is 0 Å². The van der Waals surface area contributed by atoms with Crippen molar-refractivity contribution in [3.8, 4) is 5.75 Å². The van der Waals surface area contributed by atoms with E-state index in [1.165, 1.54) is 12.8 Å². The Morgan fingerprint density at radius 3 is 2.82 bits per heavy atom. The molecule has 1 N–H and O–H groups in total. The standard InChI is InChI=1S/C19H24O3/c1-11-7-12-13(8-14(20)17(11)21)19-6-4-5-18(2,3)16(19)9-15(12)22-10-19/h7-8,15-16H,4-6,9-10H2,1-3H3,(H,20,21)/t15-,16+,19+/m1/s1. The van der Waals surface area contributed by atoms with Crippen molar-refractivity contribution in [1.82, 2.24) is 0 Å². The van der Waals surface area contributed by atoms with Crippen LogP contribution in [0.2, 0.25) is 0 Å².